The molecule has 1 aliphatic heterocycles. The van der Waals surface area contributed by atoms with Gasteiger partial charge >= 0.3 is 0 Å². The lowest BCUT2D eigenvalue weighted by atomic mass is 10.2. The van der Waals surface area contributed by atoms with Gasteiger partial charge in [0.2, 0.25) is 0 Å². The molecule has 1 aliphatic rings. The minimum absolute atomic E-state index is 0. The number of halogens is 1. The Kier molecular flexibility index (Phi) is 7.30. The Morgan fingerprint density at radius 1 is 1.20 bits per heavy atom. The lowest BCUT2D eigenvalue weighted by Crippen LogP contribution is -2.47. The Bertz CT molecular complexity index is 395. The second-order valence-corrected chi connectivity index (χ2v) is 5.33. The van der Waals surface area contributed by atoms with Gasteiger partial charge in [-0.15, -0.1) is 12.4 Å². The Labute approximate surface area is 127 Å². The van der Waals surface area contributed by atoms with Crippen LogP contribution in [0.1, 0.15) is 5.56 Å². The van der Waals surface area contributed by atoms with Gasteiger partial charge in [0.15, 0.2) is 0 Å². The molecular weight excluding hydrogens is 276 g/mol. The summed E-state index contributed by atoms with van der Waals surface area (Å²) in [7, 11) is 2.13. The highest BCUT2D eigenvalue weighted by atomic mass is 35.5. The van der Waals surface area contributed by atoms with Crippen molar-refractivity contribution >= 4 is 12.4 Å². The van der Waals surface area contributed by atoms with E-state index in [2.05, 4.69) is 16.8 Å². The van der Waals surface area contributed by atoms with Crippen molar-refractivity contribution in [2.75, 3.05) is 46.4 Å². The minimum Gasteiger partial charge on any atom is -0.491 e. The van der Waals surface area contributed by atoms with E-state index in [1.807, 2.05) is 31.2 Å². The van der Waals surface area contributed by atoms with E-state index >= 15 is 0 Å². The standard InChI is InChI=1S/C15H24N2O2.ClH/c1-13-5-3-4-6-15(13)19-12-14(18)11-17-9-7-16(2)8-10-17;/h3-6,14,18H,7-12H2,1-2H3;1H. The summed E-state index contributed by atoms with van der Waals surface area (Å²) in [5, 5.41) is 10.0. The van der Waals surface area contributed by atoms with Crippen LogP contribution in [0.2, 0.25) is 0 Å². The number of nitrogens with zero attached hydrogens (tertiary/aromatic N) is 2. The van der Waals surface area contributed by atoms with Gasteiger partial charge < -0.3 is 14.7 Å². The molecule has 0 radical (unpaired) electrons. The van der Waals surface area contributed by atoms with E-state index in [9.17, 15) is 5.11 Å². The van der Waals surface area contributed by atoms with Crippen molar-refractivity contribution in [2.24, 2.45) is 0 Å². The molecule has 1 unspecified atom stereocenters. The molecular formula is C15H25ClN2O2. The van der Waals surface area contributed by atoms with Crippen molar-refractivity contribution in [3.8, 4) is 5.75 Å². The number of likely N-dealkylation sites (N-methyl/N-ethyl adjacent to an activating group) is 1. The number of para-hydroxylation sites is 1. The highest BCUT2D eigenvalue weighted by molar-refractivity contribution is 5.85. The Morgan fingerprint density at radius 3 is 2.50 bits per heavy atom. The first-order chi connectivity index (χ1) is 9.15. The number of β-amino-alcohol motifs (C(OH)–C–C–N with tert-alkyl or cyclic N) is 1. The Morgan fingerprint density at radius 2 is 1.85 bits per heavy atom. The number of hydrogen-bond acceptors (Lipinski definition) is 4. The molecule has 1 N–H and O–H groups in total. The van der Waals surface area contributed by atoms with Crippen LogP contribution in [0.25, 0.3) is 0 Å². The summed E-state index contributed by atoms with van der Waals surface area (Å²) in [6, 6.07) is 7.90. The Balaban J connectivity index is 0.00000200. The molecule has 1 aromatic rings. The molecule has 1 fully saturated rings. The lowest BCUT2D eigenvalue weighted by molar-refractivity contribution is 0.0503. The van der Waals surface area contributed by atoms with E-state index in [0.29, 0.717) is 13.2 Å². The number of aliphatic hydroxyl groups excluding tert-OH is 1. The molecule has 5 heteroatoms. The van der Waals surface area contributed by atoms with Crippen molar-refractivity contribution in [3.05, 3.63) is 29.8 Å². The van der Waals surface area contributed by atoms with Gasteiger partial charge in [0.25, 0.3) is 0 Å². The zero-order valence-corrected chi connectivity index (χ0v) is 13.1. The number of aliphatic hydroxyl groups is 1. The van der Waals surface area contributed by atoms with Crippen molar-refractivity contribution in [2.45, 2.75) is 13.0 Å². The largest absolute Gasteiger partial charge is 0.491 e. The fraction of sp³-hybridized carbons (Fsp3) is 0.600. The SMILES string of the molecule is Cc1ccccc1OCC(O)CN1CCN(C)CC1.Cl. The third kappa shape index (κ3) is 5.29. The summed E-state index contributed by atoms with van der Waals surface area (Å²) in [5.74, 6) is 0.861. The zero-order valence-electron chi connectivity index (χ0n) is 12.3. The fourth-order valence-electron chi connectivity index (χ4n) is 2.29. The molecule has 0 saturated carbocycles. The summed E-state index contributed by atoms with van der Waals surface area (Å²) in [4.78, 5) is 4.61. The number of hydrogen-bond donors (Lipinski definition) is 1. The molecule has 0 spiro atoms. The van der Waals surface area contributed by atoms with Crippen LogP contribution >= 0.6 is 12.4 Å². The van der Waals surface area contributed by atoms with E-state index in [1.54, 1.807) is 0 Å². The quantitative estimate of drug-likeness (QED) is 0.892. The van der Waals surface area contributed by atoms with Gasteiger partial charge in [0.1, 0.15) is 18.5 Å². The number of ether oxygens (including phenoxy) is 1. The van der Waals surface area contributed by atoms with Crippen LogP contribution in [0.3, 0.4) is 0 Å². The van der Waals surface area contributed by atoms with Crippen LogP contribution in [0.4, 0.5) is 0 Å². The summed E-state index contributed by atoms with van der Waals surface area (Å²) in [6.07, 6.45) is -0.428. The van der Waals surface area contributed by atoms with Crippen LogP contribution in [-0.4, -0.2) is 67.4 Å². The molecule has 0 amide bonds. The maximum Gasteiger partial charge on any atom is 0.122 e. The molecule has 1 heterocycles. The minimum atomic E-state index is -0.428. The van der Waals surface area contributed by atoms with E-state index in [0.717, 1.165) is 37.5 Å². The molecule has 0 aromatic heterocycles. The van der Waals surface area contributed by atoms with Crippen LogP contribution in [0, 0.1) is 6.92 Å². The summed E-state index contributed by atoms with van der Waals surface area (Å²) in [6.45, 7) is 7.27. The predicted octanol–water partition coefficient (Wildman–Crippen LogP) is 1.40. The van der Waals surface area contributed by atoms with E-state index in [4.69, 9.17) is 4.74 Å². The van der Waals surface area contributed by atoms with Gasteiger partial charge in [0.05, 0.1) is 0 Å². The Hall–Kier alpha value is -0.810. The number of benzene rings is 1. The first kappa shape index (κ1) is 17.2. The maximum atomic E-state index is 10.0. The molecule has 1 atom stereocenters. The van der Waals surface area contributed by atoms with Crippen LogP contribution in [-0.2, 0) is 0 Å². The van der Waals surface area contributed by atoms with Gasteiger partial charge in [-0.25, -0.2) is 0 Å². The van der Waals surface area contributed by atoms with Gasteiger partial charge in [0, 0.05) is 32.7 Å². The molecule has 20 heavy (non-hydrogen) atoms. The van der Waals surface area contributed by atoms with Crippen LogP contribution in [0.15, 0.2) is 24.3 Å². The second-order valence-electron chi connectivity index (χ2n) is 5.33. The maximum absolute atomic E-state index is 10.0. The van der Waals surface area contributed by atoms with Crippen LogP contribution < -0.4 is 4.74 Å². The van der Waals surface area contributed by atoms with Crippen molar-refractivity contribution in [1.29, 1.82) is 0 Å². The highest BCUT2D eigenvalue weighted by Crippen LogP contribution is 2.16. The highest BCUT2D eigenvalue weighted by Gasteiger charge is 2.17. The van der Waals surface area contributed by atoms with E-state index < -0.39 is 6.10 Å². The number of piperazine rings is 1. The molecule has 0 bridgehead atoms. The smallest absolute Gasteiger partial charge is 0.122 e. The topological polar surface area (TPSA) is 35.9 Å². The summed E-state index contributed by atoms with van der Waals surface area (Å²) < 4.78 is 5.67. The van der Waals surface area contributed by atoms with Crippen molar-refractivity contribution < 1.29 is 9.84 Å². The first-order valence-corrected chi connectivity index (χ1v) is 6.92. The lowest BCUT2D eigenvalue weighted by Gasteiger charge is -2.33. The second kappa shape index (κ2) is 8.47. The van der Waals surface area contributed by atoms with Crippen LogP contribution in [0.5, 0.6) is 5.75 Å². The predicted molar refractivity (Wildman–Crippen MR) is 83.9 cm³/mol. The average molecular weight is 301 g/mol. The molecule has 4 nitrogen and oxygen atoms in total. The summed E-state index contributed by atoms with van der Waals surface area (Å²) in [5.41, 5.74) is 1.11. The van der Waals surface area contributed by atoms with Gasteiger partial charge in [-0.3, -0.25) is 4.90 Å². The molecule has 0 aliphatic carbocycles. The van der Waals surface area contributed by atoms with Gasteiger partial charge in [-0.05, 0) is 25.6 Å². The monoisotopic (exact) mass is 300 g/mol. The molecule has 1 saturated heterocycles. The first-order valence-electron chi connectivity index (χ1n) is 6.92. The molecule has 2 rings (SSSR count). The fourth-order valence-corrected chi connectivity index (χ4v) is 2.29. The van der Waals surface area contributed by atoms with Crippen molar-refractivity contribution in [3.63, 3.8) is 0 Å². The summed E-state index contributed by atoms with van der Waals surface area (Å²) >= 11 is 0. The number of aryl methyl sites for hydroxylation is 1. The van der Waals surface area contributed by atoms with E-state index in [-0.39, 0.29) is 12.4 Å². The van der Waals surface area contributed by atoms with Crippen molar-refractivity contribution in [1.82, 2.24) is 9.80 Å². The zero-order chi connectivity index (χ0) is 13.7. The third-order valence-corrected chi connectivity index (χ3v) is 3.59. The normalized spacial score (nSPS) is 18.4. The molecule has 1 aromatic carbocycles. The number of rotatable bonds is 5. The van der Waals surface area contributed by atoms with Gasteiger partial charge in [-0.2, -0.15) is 0 Å². The molecule has 114 valence electrons. The third-order valence-electron chi connectivity index (χ3n) is 3.59. The average Bonchev–Trinajstić information content (AvgIpc) is 2.40. The van der Waals surface area contributed by atoms with Gasteiger partial charge in [-0.1, -0.05) is 18.2 Å². The van der Waals surface area contributed by atoms with E-state index in [1.165, 1.54) is 0 Å².